The van der Waals surface area contributed by atoms with Crippen LogP contribution in [-0.4, -0.2) is 25.0 Å². The molecule has 1 fully saturated rings. The molecule has 2 N–H and O–H groups in total. The van der Waals surface area contributed by atoms with E-state index in [2.05, 4.69) is 11.4 Å². The number of thiophene rings is 1. The van der Waals surface area contributed by atoms with Crippen molar-refractivity contribution in [2.75, 3.05) is 18.4 Å². The molecule has 0 unspecified atom stereocenters. The molecule has 1 aromatic heterocycles. The Kier molecular flexibility index (Phi) is 4.34. The molecular weight excluding hydrogens is 246 g/mol. The van der Waals surface area contributed by atoms with Crippen molar-refractivity contribution in [2.45, 2.75) is 32.2 Å². The number of carbonyl (C=O) groups excluding carboxylic acids is 1. The fourth-order valence-corrected chi connectivity index (χ4v) is 3.08. The van der Waals surface area contributed by atoms with Gasteiger partial charge in [0.15, 0.2) is 6.04 Å². The van der Waals surface area contributed by atoms with Gasteiger partial charge in [-0.15, -0.1) is 11.3 Å². The monoisotopic (exact) mass is 264 g/mol. The van der Waals surface area contributed by atoms with Crippen molar-refractivity contribution in [1.82, 2.24) is 0 Å². The predicted octanol–water partition coefficient (Wildman–Crippen LogP) is 1.02. The summed E-state index contributed by atoms with van der Waals surface area (Å²) < 4.78 is 0. The molecule has 0 spiro atoms. The molecular formula is C13H18N3OS+. The highest BCUT2D eigenvalue weighted by Gasteiger charge is 2.27. The lowest BCUT2D eigenvalue weighted by Gasteiger charge is -2.28. The topological polar surface area (TPSA) is 57.3 Å². The van der Waals surface area contributed by atoms with Gasteiger partial charge >= 0.3 is 0 Å². The molecule has 0 saturated carbocycles. The average molecular weight is 264 g/mol. The van der Waals surface area contributed by atoms with E-state index in [-0.39, 0.29) is 11.9 Å². The van der Waals surface area contributed by atoms with E-state index in [4.69, 9.17) is 5.26 Å². The molecule has 18 heavy (non-hydrogen) atoms. The van der Waals surface area contributed by atoms with Crippen molar-refractivity contribution in [3.05, 3.63) is 17.0 Å². The van der Waals surface area contributed by atoms with E-state index in [1.807, 2.05) is 12.3 Å². The number of nitrogens with zero attached hydrogens (tertiary/aromatic N) is 1. The molecule has 1 aliphatic rings. The molecule has 1 amide bonds. The van der Waals surface area contributed by atoms with Gasteiger partial charge in [0.2, 0.25) is 0 Å². The number of carbonyl (C=O) groups is 1. The number of quaternary nitrogens is 1. The van der Waals surface area contributed by atoms with Crippen LogP contribution in [0.2, 0.25) is 0 Å². The van der Waals surface area contributed by atoms with Crippen LogP contribution in [0.1, 0.15) is 31.7 Å². The molecule has 1 aromatic rings. The van der Waals surface area contributed by atoms with Crippen molar-refractivity contribution in [2.24, 2.45) is 0 Å². The van der Waals surface area contributed by atoms with Gasteiger partial charge < -0.3 is 10.2 Å². The van der Waals surface area contributed by atoms with Crippen LogP contribution in [0.5, 0.6) is 0 Å². The van der Waals surface area contributed by atoms with Crippen molar-refractivity contribution < 1.29 is 9.69 Å². The maximum atomic E-state index is 12.1. The SMILES string of the molecule is C[C@H](C(=O)Nc1sccc1C#N)[NH+]1CCCCC1. The number of anilines is 1. The van der Waals surface area contributed by atoms with Gasteiger partial charge in [0.1, 0.15) is 11.1 Å². The third kappa shape index (κ3) is 2.89. The van der Waals surface area contributed by atoms with Crippen LogP contribution in [0.4, 0.5) is 5.00 Å². The highest BCUT2D eigenvalue weighted by Crippen LogP contribution is 2.22. The van der Waals surface area contributed by atoms with Gasteiger partial charge in [-0.25, -0.2) is 0 Å². The summed E-state index contributed by atoms with van der Waals surface area (Å²) in [5.41, 5.74) is 0.550. The molecule has 1 aliphatic heterocycles. The van der Waals surface area contributed by atoms with E-state index >= 15 is 0 Å². The van der Waals surface area contributed by atoms with Crippen LogP contribution < -0.4 is 10.2 Å². The minimum absolute atomic E-state index is 0.0193. The van der Waals surface area contributed by atoms with Crippen LogP contribution in [0.15, 0.2) is 11.4 Å². The van der Waals surface area contributed by atoms with Gasteiger partial charge in [0.25, 0.3) is 5.91 Å². The summed E-state index contributed by atoms with van der Waals surface area (Å²) in [6.45, 7) is 4.11. The summed E-state index contributed by atoms with van der Waals surface area (Å²) in [5.74, 6) is 0.0193. The van der Waals surface area contributed by atoms with Crippen LogP contribution in [0.3, 0.4) is 0 Å². The maximum Gasteiger partial charge on any atom is 0.283 e. The molecule has 1 saturated heterocycles. The summed E-state index contributed by atoms with van der Waals surface area (Å²) >= 11 is 1.40. The standard InChI is InChI=1S/C13H17N3OS/c1-10(16-6-3-2-4-7-16)12(17)15-13-11(9-14)5-8-18-13/h5,8,10H,2-4,6-7H2,1H3,(H,15,17)/p+1/t10-/m1/s1. The first-order chi connectivity index (χ1) is 8.72. The van der Waals surface area contributed by atoms with Crippen LogP contribution in [0.25, 0.3) is 0 Å². The molecule has 1 atom stereocenters. The van der Waals surface area contributed by atoms with Crippen molar-refractivity contribution in [3.8, 4) is 6.07 Å². The Morgan fingerprint density at radius 3 is 2.89 bits per heavy atom. The summed E-state index contributed by atoms with van der Waals surface area (Å²) in [7, 11) is 0. The number of amides is 1. The largest absolute Gasteiger partial charge is 0.325 e. The third-order valence-corrected chi connectivity index (χ3v) is 4.35. The zero-order valence-electron chi connectivity index (χ0n) is 10.5. The minimum Gasteiger partial charge on any atom is -0.325 e. The molecule has 0 aliphatic carbocycles. The molecule has 5 heteroatoms. The fourth-order valence-electron chi connectivity index (χ4n) is 2.34. The molecule has 96 valence electrons. The smallest absolute Gasteiger partial charge is 0.283 e. The first-order valence-corrected chi connectivity index (χ1v) is 7.23. The normalized spacial score (nSPS) is 18.0. The van der Waals surface area contributed by atoms with Gasteiger partial charge in [-0.2, -0.15) is 5.26 Å². The summed E-state index contributed by atoms with van der Waals surface area (Å²) in [5, 5.41) is 14.3. The van der Waals surface area contributed by atoms with E-state index in [1.54, 1.807) is 6.07 Å². The van der Waals surface area contributed by atoms with Gasteiger partial charge in [0.05, 0.1) is 18.7 Å². The number of likely N-dealkylation sites (tertiary alicyclic amines) is 1. The number of nitriles is 1. The second kappa shape index (κ2) is 5.98. The third-order valence-electron chi connectivity index (χ3n) is 3.52. The number of piperidine rings is 1. The lowest BCUT2D eigenvalue weighted by Crippen LogP contribution is -3.17. The lowest BCUT2D eigenvalue weighted by atomic mass is 10.1. The van der Waals surface area contributed by atoms with E-state index < -0.39 is 0 Å². The first-order valence-electron chi connectivity index (χ1n) is 6.35. The Labute approximate surface area is 111 Å². The quantitative estimate of drug-likeness (QED) is 0.856. The lowest BCUT2D eigenvalue weighted by molar-refractivity contribution is -0.918. The highest BCUT2D eigenvalue weighted by molar-refractivity contribution is 7.14. The van der Waals surface area contributed by atoms with Crippen LogP contribution in [-0.2, 0) is 4.79 Å². The second-order valence-electron chi connectivity index (χ2n) is 4.71. The number of rotatable bonds is 3. The van der Waals surface area contributed by atoms with E-state index in [0.717, 1.165) is 13.1 Å². The van der Waals surface area contributed by atoms with Crippen LogP contribution >= 0.6 is 11.3 Å². The van der Waals surface area contributed by atoms with Crippen molar-refractivity contribution >= 4 is 22.2 Å². The number of hydrogen-bond donors (Lipinski definition) is 2. The highest BCUT2D eigenvalue weighted by atomic mass is 32.1. The summed E-state index contributed by atoms with van der Waals surface area (Å²) in [4.78, 5) is 13.5. The summed E-state index contributed by atoms with van der Waals surface area (Å²) in [6, 6.07) is 3.78. The molecule has 4 nitrogen and oxygen atoms in total. The average Bonchev–Trinajstić information content (AvgIpc) is 2.86. The Bertz CT molecular complexity index is 457. The number of hydrogen-bond acceptors (Lipinski definition) is 3. The fraction of sp³-hybridized carbons (Fsp3) is 0.538. The van der Waals surface area contributed by atoms with Gasteiger partial charge in [-0.05, 0) is 37.6 Å². The van der Waals surface area contributed by atoms with Crippen molar-refractivity contribution in [3.63, 3.8) is 0 Å². The van der Waals surface area contributed by atoms with Gasteiger partial charge in [0, 0.05) is 0 Å². The maximum absolute atomic E-state index is 12.1. The predicted molar refractivity (Wildman–Crippen MR) is 71.7 cm³/mol. The zero-order chi connectivity index (χ0) is 13.0. The van der Waals surface area contributed by atoms with Crippen molar-refractivity contribution in [1.29, 1.82) is 5.26 Å². The Balaban J connectivity index is 1.97. The molecule has 0 aromatic carbocycles. The number of nitrogens with one attached hydrogen (secondary N) is 2. The minimum atomic E-state index is -0.0426. The van der Waals surface area contributed by atoms with E-state index in [0.29, 0.717) is 10.6 Å². The summed E-state index contributed by atoms with van der Waals surface area (Å²) in [6.07, 6.45) is 3.69. The van der Waals surface area contributed by atoms with E-state index in [1.165, 1.54) is 35.5 Å². The van der Waals surface area contributed by atoms with Gasteiger partial charge in [-0.1, -0.05) is 0 Å². The Morgan fingerprint density at radius 1 is 1.50 bits per heavy atom. The molecule has 0 radical (unpaired) electrons. The van der Waals surface area contributed by atoms with E-state index in [9.17, 15) is 4.79 Å². The molecule has 2 heterocycles. The Hall–Kier alpha value is -1.38. The second-order valence-corrected chi connectivity index (χ2v) is 5.62. The zero-order valence-corrected chi connectivity index (χ0v) is 11.3. The molecule has 2 rings (SSSR count). The Morgan fingerprint density at radius 2 is 2.22 bits per heavy atom. The molecule has 0 bridgehead atoms. The van der Waals surface area contributed by atoms with Crippen LogP contribution in [0, 0.1) is 11.3 Å². The first kappa shape index (κ1) is 13.1. The van der Waals surface area contributed by atoms with Gasteiger partial charge in [-0.3, -0.25) is 4.79 Å².